The first kappa shape index (κ1) is 17.5. The standard InChI is InChI=1S/C20H22F2N2O/c21-17-9-4-10-18(22)19(17)20(25)23-16-8-5-12-24(14-16)13-11-15-6-2-1-3-7-15/h1-4,6-7,9-10,16H,5,8,11-14H2,(H,23,25)/t16-/m0/s1. The number of likely N-dealkylation sites (tertiary alicyclic amines) is 1. The normalized spacial score (nSPS) is 18.1. The number of rotatable bonds is 5. The molecule has 5 heteroatoms. The molecule has 2 aromatic carbocycles. The fourth-order valence-electron chi connectivity index (χ4n) is 3.28. The topological polar surface area (TPSA) is 32.3 Å². The molecule has 1 saturated heterocycles. The zero-order chi connectivity index (χ0) is 17.6. The minimum Gasteiger partial charge on any atom is -0.348 e. The Labute approximate surface area is 146 Å². The van der Waals surface area contributed by atoms with Crippen molar-refractivity contribution in [3.8, 4) is 0 Å². The van der Waals surface area contributed by atoms with Crippen molar-refractivity contribution in [2.45, 2.75) is 25.3 Å². The van der Waals surface area contributed by atoms with Crippen LogP contribution in [0.2, 0.25) is 0 Å². The lowest BCUT2D eigenvalue weighted by molar-refractivity contribution is 0.0895. The SMILES string of the molecule is O=C(N[C@H]1CCCN(CCc2ccccc2)C1)c1c(F)cccc1F. The van der Waals surface area contributed by atoms with Crippen LogP contribution in [-0.2, 0) is 6.42 Å². The van der Waals surface area contributed by atoms with Gasteiger partial charge in [-0.05, 0) is 43.5 Å². The molecule has 0 bridgehead atoms. The van der Waals surface area contributed by atoms with Gasteiger partial charge in [-0.15, -0.1) is 0 Å². The number of nitrogens with one attached hydrogen (secondary N) is 1. The highest BCUT2D eigenvalue weighted by atomic mass is 19.1. The summed E-state index contributed by atoms with van der Waals surface area (Å²) in [5.74, 6) is -2.33. The average Bonchev–Trinajstić information content (AvgIpc) is 2.61. The van der Waals surface area contributed by atoms with Crippen molar-refractivity contribution < 1.29 is 13.6 Å². The molecule has 1 fully saturated rings. The monoisotopic (exact) mass is 344 g/mol. The van der Waals surface area contributed by atoms with Gasteiger partial charge >= 0.3 is 0 Å². The Morgan fingerprint density at radius 2 is 1.80 bits per heavy atom. The summed E-state index contributed by atoms with van der Waals surface area (Å²) in [7, 11) is 0. The van der Waals surface area contributed by atoms with Gasteiger partial charge in [0.05, 0.1) is 0 Å². The van der Waals surface area contributed by atoms with E-state index in [0.29, 0.717) is 6.54 Å². The van der Waals surface area contributed by atoms with Crippen LogP contribution >= 0.6 is 0 Å². The molecule has 0 saturated carbocycles. The van der Waals surface area contributed by atoms with Crippen molar-refractivity contribution >= 4 is 5.91 Å². The maximum absolute atomic E-state index is 13.7. The van der Waals surface area contributed by atoms with E-state index >= 15 is 0 Å². The van der Waals surface area contributed by atoms with Crippen molar-refractivity contribution in [3.63, 3.8) is 0 Å². The van der Waals surface area contributed by atoms with Gasteiger partial charge in [0, 0.05) is 19.1 Å². The molecule has 0 unspecified atom stereocenters. The second kappa shape index (κ2) is 8.21. The molecule has 25 heavy (non-hydrogen) atoms. The number of halogens is 2. The van der Waals surface area contributed by atoms with Crippen molar-refractivity contribution in [2.24, 2.45) is 0 Å². The minimum absolute atomic E-state index is 0.0870. The van der Waals surface area contributed by atoms with E-state index in [1.54, 1.807) is 0 Å². The second-order valence-electron chi connectivity index (χ2n) is 6.45. The quantitative estimate of drug-likeness (QED) is 0.902. The third-order valence-electron chi connectivity index (χ3n) is 4.59. The predicted octanol–water partition coefficient (Wildman–Crippen LogP) is 3.40. The summed E-state index contributed by atoms with van der Waals surface area (Å²) < 4.78 is 27.5. The molecule has 0 radical (unpaired) electrons. The van der Waals surface area contributed by atoms with Gasteiger partial charge in [-0.25, -0.2) is 8.78 Å². The maximum Gasteiger partial charge on any atom is 0.257 e. The Morgan fingerprint density at radius 1 is 1.08 bits per heavy atom. The van der Waals surface area contributed by atoms with E-state index in [0.717, 1.165) is 44.5 Å². The average molecular weight is 344 g/mol. The Kier molecular flexibility index (Phi) is 5.76. The van der Waals surface area contributed by atoms with Gasteiger partial charge in [0.2, 0.25) is 0 Å². The Morgan fingerprint density at radius 3 is 2.52 bits per heavy atom. The molecule has 1 N–H and O–H groups in total. The van der Waals surface area contributed by atoms with E-state index in [-0.39, 0.29) is 6.04 Å². The predicted molar refractivity (Wildman–Crippen MR) is 93.4 cm³/mol. The fourth-order valence-corrected chi connectivity index (χ4v) is 3.28. The van der Waals surface area contributed by atoms with Crippen LogP contribution in [0.1, 0.15) is 28.8 Å². The lowest BCUT2D eigenvalue weighted by atomic mass is 10.0. The van der Waals surface area contributed by atoms with Crippen LogP contribution < -0.4 is 5.32 Å². The van der Waals surface area contributed by atoms with Crippen LogP contribution in [0.3, 0.4) is 0 Å². The summed E-state index contributed by atoms with van der Waals surface area (Å²) in [6.07, 6.45) is 2.73. The van der Waals surface area contributed by atoms with Gasteiger partial charge in [0.15, 0.2) is 0 Å². The molecule has 2 aromatic rings. The summed E-state index contributed by atoms with van der Waals surface area (Å²) in [5.41, 5.74) is 0.783. The second-order valence-corrected chi connectivity index (χ2v) is 6.45. The lowest BCUT2D eigenvalue weighted by Gasteiger charge is -2.33. The number of piperidine rings is 1. The minimum atomic E-state index is -0.825. The summed E-state index contributed by atoms with van der Waals surface area (Å²) >= 11 is 0. The number of nitrogens with zero attached hydrogens (tertiary/aromatic N) is 1. The molecule has 0 aliphatic carbocycles. The molecule has 3 rings (SSSR count). The lowest BCUT2D eigenvalue weighted by Crippen LogP contribution is -2.48. The molecule has 1 atom stereocenters. The molecule has 1 aliphatic heterocycles. The molecule has 1 amide bonds. The van der Waals surface area contributed by atoms with Crippen molar-refractivity contribution in [1.82, 2.24) is 10.2 Å². The number of hydrogen-bond donors (Lipinski definition) is 1. The van der Waals surface area contributed by atoms with Crippen LogP contribution in [0.25, 0.3) is 0 Å². The highest BCUT2D eigenvalue weighted by Gasteiger charge is 2.24. The van der Waals surface area contributed by atoms with E-state index in [9.17, 15) is 13.6 Å². The van der Waals surface area contributed by atoms with Gasteiger partial charge in [-0.3, -0.25) is 4.79 Å². The van der Waals surface area contributed by atoms with Crippen LogP contribution in [0.15, 0.2) is 48.5 Å². The Balaban J connectivity index is 1.55. The highest BCUT2D eigenvalue weighted by molar-refractivity contribution is 5.94. The van der Waals surface area contributed by atoms with Gasteiger partial charge in [-0.2, -0.15) is 0 Å². The van der Waals surface area contributed by atoms with Crippen LogP contribution in [0, 0.1) is 11.6 Å². The number of amides is 1. The Hall–Kier alpha value is -2.27. The van der Waals surface area contributed by atoms with Crippen LogP contribution in [0.5, 0.6) is 0 Å². The molecule has 132 valence electrons. The number of hydrogen-bond acceptors (Lipinski definition) is 2. The molecular weight excluding hydrogens is 322 g/mol. The van der Waals surface area contributed by atoms with Crippen molar-refractivity contribution in [2.75, 3.05) is 19.6 Å². The van der Waals surface area contributed by atoms with E-state index in [4.69, 9.17) is 0 Å². The largest absolute Gasteiger partial charge is 0.348 e. The summed E-state index contributed by atoms with van der Waals surface area (Å²) in [4.78, 5) is 14.5. The summed E-state index contributed by atoms with van der Waals surface area (Å²) in [6, 6.07) is 13.6. The molecule has 1 aliphatic rings. The third kappa shape index (κ3) is 4.63. The molecule has 0 spiro atoms. The third-order valence-corrected chi connectivity index (χ3v) is 4.59. The number of carbonyl (C=O) groups excluding carboxylic acids is 1. The number of benzene rings is 2. The molecule has 1 heterocycles. The molecule has 3 nitrogen and oxygen atoms in total. The Bertz CT molecular complexity index is 701. The van der Waals surface area contributed by atoms with Crippen LogP contribution in [0.4, 0.5) is 8.78 Å². The van der Waals surface area contributed by atoms with Gasteiger partial charge in [0.25, 0.3) is 5.91 Å². The first-order chi connectivity index (χ1) is 12.1. The smallest absolute Gasteiger partial charge is 0.257 e. The first-order valence-electron chi connectivity index (χ1n) is 8.64. The zero-order valence-electron chi connectivity index (χ0n) is 14.1. The van der Waals surface area contributed by atoms with Gasteiger partial charge in [-0.1, -0.05) is 36.4 Å². The van der Waals surface area contributed by atoms with Gasteiger partial charge in [0.1, 0.15) is 17.2 Å². The van der Waals surface area contributed by atoms with Crippen molar-refractivity contribution in [3.05, 3.63) is 71.3 Å². The van der Waals surface area contributed by atoms with E-state index in [2.05, 4.69) is 22.3 Å². The van der Waals surface area contributed by atoms with Crippen molar-refractivity contribution in [1.29, 1.82) is 0 Å². The van der Waals surface area contributed by atoms with E-state index in [1.165, 1.54) is 11.6 Å². The highest BCUT2D eigenvalue weighted by Crippen LogP contribution is 2.15. The molecular formula is C20H22F2N2O. The zero-order valence-corrected chi connectivity index (χ0v) is 14.1. The molecule has 0 aromatic heterocycles. The maximum atomic E-state index is 13.7. The van der Waals surface area contributed by atoms with E-state index in [1.807, 2.05) is 18.2 Å². The number of carbonyl (C=O) groups is 1. The fraction of sp³-hybridized carbons (Fsp3) is 0.350. The first-order valence-corrected chi connectivity index (χ1v) is 8.64. The summed E-state index contributed by atoms with van der Waals surface area (Å²) in [6.45, 7) is 2.59. The van der Waals surface area contributed by atoms with E-state index < -0.39 is 23.1 Å². The van der Waals surface area contributed by atoms with Gasteiger partial charge < -0.3 is 10.2 Å². The summed E-state index contributed by atoms with van der Waals surface area (Å²) in [5, 5.41) is 2.78. The van der Waals surface area contributed by atoms with Crippen LogP contribution in [-0.4, -0.2) is 36.5 Å².